The Morgan fingerprint density at radius 3 is 2.44 bits per heavy atom. The van der Waals surface area contributed by atoms with Crippen molar-refractivity contribution in [3.63, 3.8) is 0 Å². The number of carbonyl (C=O) groups is 4. The molecule has 0 unspecified atom stereocenters. The van der Waals surface area contributed by atoms with Crippen molar-refractivity contribution >= 4 is 39.5 Å². The number of rotatable bonds is 5. The molecule has 0 bridgehead atoms. The molecule has 13 nitrogen and oxygen atoms in total. The van der Waals surface area contributed by atoms with Crippen molar-refractivity contribution < 1.29 is 54.3 Å². The summed E-state index contributed by atoms with van der Waals surface area (Å²) < 4.78 is 104. The van der Waals surface area contributed by atoms with E-state index in [0.29, 0.717) is 48.9 Å². The van der Waals surface area contributed by atoms with Crippen molar-refractivity contribution in [1.29, 1.82) is 0 Å². The SMILES string of the molecule is C=C[C@@H]1C[C@@]12NC(=O)[C@@H]1C[C@@H](OC(=O)N3Cc4cccc(F)c4C3)CN1C(=O)[C@@H](NCc1ccc(C(F)(F)F)cc1)CCCCCCCNc1ccc(F)cc1S(=O)(=O)NC2=O. The van der Waals surface area contributed by atoms with Crippen molar-refractivity contribution in [1.82, 2.24) is 25.2 Å². The fraction of sp³-hybridized carbons (Fsp3) is 0.442. The van der Waals surface area contributed by atoms with Crippen LogP contribution in [0.5, 0.6) is 0 Å². The molecule has 62 heavy (non-hydrogen) atoms. The van der Waals surface area contributed by atoms with Crippen LogP contribution >= 0.6 is 0 Å². The first-order chi connectivity index (χ1) is 29.5. The Hall–Kier alpha value is -5.56. The van der Waals surface area contributed by atoms with Gasteiger partial charge in [0.15, 0.2) is 0 Å². The molecule has 4 amide bonds. The lowest BCUT2D eigenvalue weighted by molar-refractivity contribution is -0.141. The summed E-state index contributed by atoms with van der Waals surface area (Å²) >= 11 is 0. The van der Waals surface area contributed by atoms with Crippen LogP contribution in [0.2, 0.25) is 0 Å². The summed E-state index contributed by atoms with van der Waals surface area (Å²) in [5.41, 5.74) is -1.19. The Morgan fingerprint density at radius 1 is 0.984 bits per heavy atom. The number of amides is 4. The average Bonchev–Trinajstić information content (AvgIpc) is 3.51. The van der Waals surface area contributed by atoms with Gasteiger partial charge < -0.3 is 25.6 Å². The maximum atomic E-state index is 14.6. The number of sulfonamides is 1. The standard InChI is InChI=1S/C43H47F5N6O7S/c1-2-28-21-42(28)40(57)52-62(59,60)37-19-30(44)16-17-34(37)49-18-7-5-3-4-6-11-35(50-22-26-12-14-29(15-13-26)43(46,47)48)39(56)54-24-31(20-36(54)38(55)51-42)61-41(58)53-23-27-9-8-10-33(45)32(27)25-53/h2,8-10,12-17,19,28,31,35-36,49-50H,1,3-7,11,18,20-25H2,(H,51,55)(H,52,57)/t28-,31-,35+,36+,42-/m1/s1. The van der Waals surface area contributed by atoms with Gasteiger partial charge in [0.1, 0.15) is 34.2 Å². The van der Waals surface area contributed by atoms with Gasteiger partial charge >= 0.3 is 12.3 Å². The van der Waals surface area contributed by atoms with E-state index in [4.69, 9.17) is 4.74 Å². The van der Waals surface area contributed by atoms with Gasteiger partial charge in [0.05, 0.1) is 30.4 Å². The molecule has 4 aliphatic rings. The van der Waals surface area contributed by atoms with Crippen LogP contribution in [-0.4, -0.2) is 78.8 Å². The van der Waals surface area contributed by atoms with Gasteiger partial charge in [-0.15, -0.1) is 6.58 Å². The third-order valence-electron chi connectivity index (χ3n) is 11.9. The third kappa shape index (κ3) is 9.72. The molecule has 3 aliphatic heterocycles. The number of nitrogens with one attached hydrogen (secondary N) is 4. The molecular formula is C43H47F5N6O7S. The molecule has 3 aromatic rings. The quantitative estimate of drug-likeness (QED) is 0.181. The van der Waals surface area contributed by atoms with Gasteiger partial charge in [0.25, 0.3) is 15.9 Å². The Bertz CT molecular complexity index is 2330. The zero-order valence-corrected chi connectivity index (χ0v) is 34.4. The molecule has 3 heterocycles. The highest BCUT2D eigenvalue weighted by atomic mass is 32.2. The van der Waals surface area contributed by atoms with E-state index in [9.17, 15) is 49.5 Å². The Morgan fingerprint density at radius 2 is 1.73 bits per heavy atom. The van der Waals surface area contributed by atoms with Crippen LogP contribution in [0.1, 0.15) is 73.6 Å². The Balaban J connectivity index is 1.17. The van der Waals surface area contributed by atoms with Crippen molar-refractivity contribution in [2.24, 2.45) is 5.92 Å². The van der Waals surface area contributed by atoms with E-state index >= 15 is 0 Å². The molecule has 4 N–H and O–H groups in total. The zero-order chi connectivity index (χ0) is 44.4. The highest BCUT2D eigenvalue weighted by Crippen LogP contribution is 2.45. The van der Waals surface area contributed by atoms with Crippen molar-refractivity contribution in [2.75, 3.05) is 18.4 Å². The van der Waals surface area contributed by atoms with Gasteiger partial charge in [-0.2, -0.15) is 13.2 Å². The number of hydrogen-bond donors (Lipinski definition) is 4. The number of hydrogen-bond acceptors (Lipinski definition) is 9. The first-order valence-electron chi connectivity index (χ1n) is 20.5. The van der Waals surface area contributed by atoms with Gasteiger partial charge in [-0.3, -0.25) is 19.3 Å². The number of fused-ring (bicyclic) bond motifs is 3. The van der Waals surface area contributed by atoms with E-state index in [0.717, 1.165) is 30.7 Å². The Kier molecular flexibility index (Phi) is 12.9. The largest absolute Gasteiger partial charge is 0.444 e. The number of ether oxygens (including phenoxy) is 1. The van der Waals surface area contributed by atoms with Gasteiger partial charge in [-0.1, -0.05) is 56.0 Å². The summed E-state index contributed by atoms with van der Waals surface area (Å²) in [5.74, 6) is -4.61. The summed E-state index contributed by atoms with van der Waals surface area (Å²) in [6.45, 7) is 3.79. The molecular weight excluding hydrogens is 840 g/mol. The minimum Gasteiger partial charge on any atom is -0.444 e. The number of anilines is 1. The van der Waals surface area contributed by atoms with Crippen LogP contribution in [0, 0.1) is 17.6 Å². The second-order valence-electron chi connectivity index (χ2n) is 16.2. The molecule has 3 aromatic carbocycles. The van der Waals surface area contributed by atoms with Crippen LogP contribution < -0.4 is 20.7 Å². The van der Waals surface area contributed by atoms with Crippen molar-refractivity contribution in [3.8, 4) is 0 Å². The lowest BCUT2D eigenvalue weighted by Gasteiger charge is -2.30. The average molecular weight is 887 g/mol. The number of benzene rings is 3. The fourth-order valence-electron chi connectivity index (χ4n) is 8.36. The summed E-state index contributed by atoms with van der Waals surface area (Å²) in [4.78, 5) is 58.5. The number of halogens is 5. The molecule has 2 fully saturated rings. The summed E-state index contributed by atoms with van der Waals surface area (Å²) in [6, 6.07) is 9.82. The molecule has 0 aromatic heterocycles. The maximum absolute atomic E-state index is 14.6. The lowest BCUT2D eigenvalue weighted by Crippen LogP contribution is -2.57. The zero-order valence-electron chi connectivity index (χ0n) is 33.6. The summed E-state index contributed by atoms with van der Waals surface area (Å²) in [7, 11) is -4.71. The first-order valence-corrected chi connectivity index (χ1v) is 21.9. The smallest absolute Gasteiger partial charge is 0.416 e. The predicted molar refractivity (Wildman–Crippen MR) is 215 cm³/mol. The monoisotopic (exact) mass is 886 g/mol. The maximum Gasteiger partial charge on any atom is 0.416 e. The minimum absolute atomic E-state index is 0.000442. The molecule has 5 atom stereocenters. The van der Waals surface area contributed by atoms with Crippen LogP contribution in [0.3, 0.4) is 0 Å². The van der Waals surface area contributed by atoms with Gasteiger partial charge in [0.2, 0.25) is 11.8 Å². The van der Waals surface area contributed by atoms with Crippen LogP contribution in [-0.2, 0) is 55.0 Å². The summed E-state index contributed by atoms with van der Waals surface area (Å²) in [6.07, 6.45) is -1.82. The van der Waals surface area contributed by atoms with Crippen LogP contribution in [0.4, 0.5) is 32.4 Å². The van der Waals surface area contributed by atoms with E-state index < -0.39 is 91.8 Å². The third-order valence-corrected chi connectivity index (χ3v) is 13.3. The second-order valence-corrected chi connectivity index (χ2v) is 17.8. The van der Waals surface area contributed by atoms with E-state index in [-0.39, 0.29) is 51.1 Å². The number of nitrogens with zero attached hydrogens (tertiary/aromatic N) is 2. The van der Waals surface area contributed by atoms with Gasteiger partial charge in [-0.25, -0.2) is 26.7 Å². The van der Waals surface area contributed by atoms with Crippen LogP contribution in [0.25, 0.3) is 0 Å². The Labute approximate surface area is 355 Å². The van der Waals surface area contributed by atoms with Crippen LogP contribution in [0.15, 0.2) is 78.2 Å². The topological polar surface area (TPSA) is 166 Å². The van der Waals surface area contributed by atoms with E-state index in [2.05, 4.69) is 22.5 Å². The first kappa shape index (κ1) is 44.5. The van der Waals surface area contributed by atoms with Gasteiger partial charge in [0, 0.05) is 37.5 Å². The lowest BCUT2D eigenvalue weighted by atomic mass is 10.0. The number of carbonyl (C=O) groups excluding carboxylic acids is 4. The molecule has 1 aliphatic carbocycles. The molecule has 1 saturated carbocycles. The number of alkyl halides is 3. The molecule has 19 heteroatoms. The normalized spacial score (nSPS) is 25.7. The second kappa shape index (κ2) is 18.0. The van der Waals surface area contributed by atoms with E-state index in [1.807, 2.05) is 4.72 Å². The molecule has 332 valence electrons. The summed E-state index contributed by atoms with van der Waals surface area (Å²) in [5, 5.41) is 8.84. The van der Waals surface area contributed by atoms with Gasteiger partial charge in [-0.05, 0) is 66.8 Å². The highest BCUT2D eigenvalue weighted by molar-refractivity contribution is 7.90. The van der Waals surface area contributed by atoms with E-state index in [1.54, 1.807) is 6.07 Å². The molecule has 0 radical (unpaired) electrons. The molecule has 1 spiro atoms. The molecule has 7 rings (SSSR count). The minimum atomic E-state index is -4.71. The fourth-order valence-corrected chi connectivity index (χ4v) is 9.60. The van der Waals surface area contributed by atoms with Crippen molar-refractivity contribution in [3.05, 3.63) is 107 Å². The molecule has 1 saturated heterocycles. The van der Waals surface area contributed by atoms with E-state index in [1.165, 1.54) is 46.2 Å². The van der Waals surface area contributed by atoms with Crippen molar-refractivity contribution in [2.45, 2.75) is 106 Å². The highest BCUT2D eigenvalue weighted by Gasteiger charge is 2.61. The predicted octanol–water partition coefficient (Wildman–Crippen LogP) is 5.90.